The molecule has 1 rings (SSSR count). The fourth-order valence-electron chi connectivity index (χ4n) is 1.62. The van der Waals surface area contributed by atoms with Crippen LogP contribution in [0.1, 0.15) is 25.7 Å². The summed E-state index contributed by atoms with van der Waals surface area (Å²) in [4.78, 5) is 0. The maximum atomic E-state index is 4.99. The van der Waals surface area contributed by atoms with Crippen LogP contribution in [0.15, 0.2) is 0 Å². The SMILES string of the molecule is COCCNC1CCC(I)CC1. The first-order valence-corrected chi connectivity index (χ1v) is 5.94. The van der Waals surface area contributed by atoms with Crippen molar-refractivity contribution < 1.29 is 4.74 Å². The lowest BCUT2D eigenvalue weighted by Crippen LogP contribution is -2.35. The van der Waals surface area contributed by atoms with Gasteiger partial charge in [0, 0.05) is 23.6 Å². The van der Waals surface area contributed by atoms with Gasteiger partial charge in [0.25, 0.3) is 0 Å². The van der Waals surface area contributed by atoms with Gasteiger partial charge in [0.1, 0.15) is 0 Å². The van der Waals surface area contributed by atoms with Gasteiger partial charge in [-0.1, -0.05) is 22.6 Å². The second-order valence-corrected chi connectivity index (χ2v) is 5.16. The molecular formula is C9H18INO. The molecule has 0 saturated heterocycles. The normalized spacial score (nSPS) is 30.5. The minimum Gasteiger partial charge on any atom is -0.383 e. The van der Waals surface area contributed by atoms with E-state index in [1.807, 2.05) is 0 Å². The average Bonchev–Trinajstić information content (AvgIpc) is 2.09. The highest BCUT2D eigenvalue weighted by molar-refractivity contribution is 14.1. The predicted octanol–water partition coefficient (Wildman–Crippen LogP) is 1.97. The van der Waals surface area contributed by atoms with Gasteiger partial charge in [0.2, 0.25) is 0 Å². The van der Waals surface area contributed by atoms with Gasteiger partial charge in [-0.3, -0.25) is 0 Å². The Hall–Kier alpha value is 0.650. The Balaban J connectivity index is 2.01. The second kappa shape index (κ2) is 6.16. The van der Waals surface area contributed by atoms with Gasteiger partial charge in [0.05, 0.1) is 6.61 Å². The zero-order chi connectivity index (χ0) is 8.81. The predicted molar refractivity (Wildman–Crippen MR) is 59.9 cm³/mol. The van der Waals surface area contributed by atoms with Gasteiger partial charge in [-0.15, -0.1) is 0 Å². The molecule has 1 saturated carbocycles. The highest BCUT2D eigenvalue weighted by Crippen LogP contribution is 2.24. The van der Waals surface area contributed by atoms with Crippen LogP contribution in [0, 0.1) is 0 Å². The number of hydrogen-bond acceptors (Lipinski definition) is 2. The molecule has 0 heterocycles. The van der Waals surface area contributed by atoms with Crippen molar-refractivity contribution in [1.82, 2.24) is 5.32 Å². The number of ether oxygens (including phenoxy) is 1. The van der Waals surface area contributed by atoms with E-state index in [9.17, 15) is 0 Å². The van der Waals surface area contributed by atoms with Gasteiger partial charge in [-0.05, 0) is 25.7 Å². The molecule has 0 aromatic rings. The van der Waals surface area contributed by atoms with Crippen LogP contribution in [-0.4, -0.2) is 30.2 Å². The van der Waals surface area contributed by atoms with Crippen molar-refractivity contribution in [3.63, 3.8) is 0 Å². The molecule has 0 aromatic heterocycles. The summed E-state index contributed by atoms with van der Waals surface area (Å²) in [5.41, 5.74) is 0. The molecule has 0 atom stereocenters. The molecule has 1 aliphatic carbocycles. The molecule has 1 N–H and O–H groups in total. The summed E-state index contributed by atoms with van der Waals surface area (Å²) in [7, 11) is 1.75. The molecule has 1 aliphatic rings. The molecule has 0 amide bonds. The highest BCUT2D eigenvalue weighted by Gasteiger charge is 2.17. The molecule has 0 bridgehead atoms. The van der Waals surface area contributed by atoms with Crippen molar-refractivity contribution in [3.05, 3.63) is 0 Å². The van der Waals surface area contributed by atoms with E-state index in [4.69, 9.17) is 4.74 Å². The summed E-state index contributed by atoms with van der Waals surface area (Å²) in [5, 5.41) is 3.51. The maximum Gasteiger partial charge on any atom is 0.0587 e. The van der Waals surface area contributed by atoms with Gasteiger partial charge in [0.15, 0.2) is 0 Å². The van der Waals surface area contributed by atoms with Gasteiger partial charge in [-0.25, -0.2) is 0 Å². The quantitative estimate of drug-likeness (QED) is 0.484. The zero-order valence-electron chi connectivity index (χ0n) is 7.68. The Labute approximate surface area is 88.6 Å². The Morgan fingerprint density at radius 3 is 2.58 bits per heavy atom. The number of nitrogens with one attached hydrogen (secondary N) is 1. The van der Waals surface area contributed by atoms with Crippen LogP contribution in [0.2, 0.25) is 0 Å². The molecule has 2 nitrogen and oxygen atoms in total. The molecule has 0 radical (unpaired) electrons. The number of alkyl halides is 1. The summed E-state index contributed by atoms with van der Waals surface area (Å²) in [6.45, 7) is 1.84. The van der Waals surface area contributed by atoms with Crippen LogP contribution in [0.5, 0.6) is 0 Å². The summed E-state index contributed by atoms with van der Waals surface area (Å²) in [5.74, 6) is 0. The molecule has 1 fully saturated rings. The Morgan fingerprint density at radius 1 is 1.33 bits per heavy atom. The van der Waals surface area contributed by atoms with E-state index in [2.05, 4.69) is 27.9 Å². The molecule has 3 heteroatoms. The summed E-state index contributed by atoms with van der Waals surface area (Å²) in [6, 6.07) is 0.756. The second-order valence-electron chi connectivity index (χ2n) is 3.40. The molecular weight excluding hydrogens is 265 g/mol. The largest absolute Gasteiger partial charge is 0.383 e. The van der Waals surface area contributed by atoms with Crippen LogP contribution < -0.4 is 5.32 Å². The van der Waals surface area contributed by atoms with E-state index in [-0.39, 0.29) is 0 Å². The van der Waals surface area contributed by atoms with Crippen LogP contribution in [0.3, 0.4) is 0 Å². The third-order valence-corrected chi connectivity index (χ3v) is 3.64. The molecule has 72 valence electrons. The van der Waals surface area contributed by atoms with E-state index in [0.717, 1.165) is 23.1 Å². The minimum absolute atomic E-state index is 0.756. The average molecular weight is 283 g/mol. The lowest BCUT2D eigenvalue weighted by molar-refractivity contribution is 0.192. The Morgan fingerprint density at radius 2 is 2.00 bits per heavy atom. The Bertz CT molecular complexity index is 113. The Kier molecular flexibility index (Phi) is 5.50. The first kappa shape index (κ1) is 10.7. The summed E-state index contributed by atoms with van der Waals surface area (Å²) < 4.78 is 5.91. The van der Waals surface area contributed by atoms with Crippen LogP contribution >= 0.6 is 22.6 Å². The van der Waals surface area contributed by atoms with E-state index in [1.165, 1.54) is 25.7 Å². The number of hydrogen-bond donors (Lipinski definition) is 1. The smallest absolute Gasteiger partial charge is 0.0587 e. The number of methoxy groups -OCH3 is 1. The van der Waals surface area contributed by atoms with Crippen molar-refractivity contribution in [3.8, 4) is 0 Å². The molecule has 0 spiro atoms. The monoisotopic (exact) mass is 283 g/mol. The third-order valence-electron chi connectivity index (χ3n) is 2.40. The lowest BCUT2D eigenvalue weighted by Gasteiger charge is -2.25. The minimum atomic E-state index is 0.756. The first-order chi connectivity index (χ1) is 5.83. The molecule has 0 aliphatic heterocycles. The van der Waals surface area contributed by atoms with Crippen molar-refractivity contribution in [2.24, 2.45) is 0 Å². The highest BCUT2D eigenvalue weighted by atomic mass is 127. The fraction of sp³-hybridized carbons (Fsp3) is 1.00. The van der Waals surface area contributed by atoms with E-state index in [0.29, 0.717) is 0 Å². The van der Waals surface area contributed by atoms with Gasteiger partial charge in [-0.2, -0.15) is 0 Å². The van der Waals surface area contributed by atoms with Crippen molar-refractivity contribution in [2.75, 3.05) is 20.3 Å². The standard InChI is InChI=1S/C9H18INO/c1-12-7-6-11-9-4-2-8(10)3-5-9/h8-9,11H,2-7H2,1H3. The maximum absolute atomic E-state index is 4.99. The first-order valence-electron chi connectivity index (χ1n) is 4.69. The van der Waals surface area contributed by atoms with E-state index >= 15 is 0 Å². The van der Waals surface area contributed by atoms with E-state index < -0.39 is 0 Å². The summed E-state index contributed by atoms with van der Waals surface area (Å²) >= 11 is 2.56. The third kappa shape index (κ3) is 4.05. The van der Waals surface area contributed by atoms with Crippen LogP contribution in [0.4, 0.5) is 0 Å². The molecule has 0 aromatic carbocycles. The van der Waals surface area contributed by atoms with Crippen molar-refractivity contribution in [1.29, 1.82) is 0 Å². The van der Waals surface area contributed by atoms with Crippen molar-refractivity contribution >= 4 is 22.6 Å². The molecule has 12 heavy (non-hydrogen) atoms. The topological polar surface area (TPSA) is 21.3 Å². The lowest BCUT2D eigenvalue weighted by atomic mass is 9.95. The van der Waals surface area contributed by atoms with Gasteiger partial charge < -0.3 is 10.1 Å². The fourth-order valence-corrected chi connectivity index (χ4v) is 2.34. The summed E-state index contributed by atoms with van der Waals surface area (Å²) in [6.07, 6.45) is 5.45. The van der Waals surface area contributed by atoms with Crippen LogP contribution in [0.25, 0.3) is 0 Å². The van der Waals surface area contributed by atoms with E-state index in [1.54, 1.807) is 7.11 Å². The van der Waals surface area contributed by atoms with Crippen LogP contribution in [-0.2, 0) is 4.74 Å². The van der Waals surface area contributed by atoms with Gasteiger partial charge >= 0.3 is 0 Å². The number of halogens is 1. The van der Waals surface area contributed by atoms with Crippen molar-refractivity contribution in [2.45, 2.75) is 35.6 Å². The zero-order valence-corrected chi connectivity index (χ0v) is 9.84. The molecule has 0 unspecified atom stereocenters. The number of rotatable bonds is 4.